The number of thiazole rings is 1. The fourth-order valence-corrected chi connectivity index (χ4v) is 3.89. The van der Waals surface area contributed by atoms with Gasteiger partial charge in [0.05, 0.1) is 24.8 Å². The zero-order chi connectivity index (χ0) is 21.5. The van der Waals surface area contributed by atoms with Crippen molar-refractivity contribution in [1.82, 2.24) is 10.3 Å². The number of ether oxygens (including phenoxy) is 2. The van der Waals surface area contributed by atoms with Crippen molar-refractivity contribution in [3.8, 4) is 11.5 Å². The fraction of sp³-hybridized carbons (Fsp3) is 0.304. The molecule has 1 aliphatic rings. The predicted octanol–water partition coefficient (Wildman–Crippen LogP) is 5.17. The van der Waals surface area contributed by atoms with Crippen molar-refractivity contribution in [2.75, 3.05) is 25.1 Å². The first-order chi connectivity index (χ1) is 15.2. The molecule has 4 rings (SSSR count). The van der Waals surface area contributed by atoms with Crippen LogP contribution in [-0.2, 0) is 13.0 Å². The van der Waals surface area contributed by atoms with Gasteiger partial charge < -0.3 is 20.1 Å². The van der Waals surface area contributed by atoms with Gasteiger partial charge in [0.2, 0.25) is 0 Å². The Labute approximate surface area is 208 Å². The summed E-state index contributed by atoms with van der Waals surface area (Å²) in [5.74, 6) is 1.87. The molecule has 9 heteroatoms. The lowest BCUT2D eigenvalue weighted by Gasteiger charge is -2.15. The second kappa shape index (κ2) is 12.0. The van der Waals surface area contributed by atoms with Crippen molar-refractivity contribution in [3.05, 3.63) is 69.9 Å². The van der Waals surface area contributed by atoms with E-state index in [1.54, 1.807) is 23.5 Å². The van der Waals surface area contributed by atoms with Crippen molar-refractivity contribution in [1.29, 1.82) is 0 Å². The standard InChI is InChI=1S/C23H25FN4O2S.HI/c1-16-26-14-19(31-16)15-27-23(25-10-9-17-5-2-3-6-20(17)24)28-18-7-8-21-22(13-18)30-12-4-11-29-21;/h2-3,5-8,13-14H,4,9-12,15H2,1H3,(H2,25,27,28);1H. The SMILES string of the molecule is Cc1ncc(CN=C(NCCc2ccccc2F)Nc2ccc3c(c2)OCCCO3)s1.I. The first kappa shape index (κ1) is 24.2. The Balaban J connectivity index is 0.00000289. The number of aliphatic imine (C=N–C) groups is 1. The lowest BCUT2D eigenvalue weighted by Crippen LogP contribution is -2.32. The van der Waals surface area contributed by atoms with Gasteiger partial charge >= 0.3 is 0 Å². The molecule has 6 nitrogen and oxygen atoms in total. The zero-order valence-corrected chi connectivity index (χ0v) is 20.9. The summed E-state index contributed by atoms with van der Waals surface area (Å²) in [4.78, 5) is 10.0. The third kappa shape index (κ3) is 6.80. The molecule has 1 aromatic heterocycles. The number of anilines is 1. The van der Waals surface area contributed by atoms with E-state index in [1.807, 2.05) is 37.4 Å². The fourth-order valence-electron chi connectivity index (χ4n) is 3.17. The van der Waals surface area contributed by atoms with Gasteiger partial charge in [-0.3, -0.25) is 0 Å². The number of hydrogen-bond donors (Lipinski definition) is 2. The molecule has 0 unspecified atom stereocenters. The number of aryl methyl sites for hydroxylation is 1. The van der Waals surface area contributed by atoms with E-state index in [0.717, 1.165) is 27.7 Å². The normalized spacial score (nSPS) is 13.1. The topological polar surface area (TPSA) is 67.8 Å². The van der Waals surface area contributed by atoms with Crippen LogP contribution in [0.3, 0.4) is 0 Å². The quantitative estimate of drug-likeness (QED) is 0.244. The molecule has 0 amide bonds. The number of hydrogen-bond acceptors (Lipinski definition) is 5. The lowest BCUT2D eigenvalue weighted by molar-refractivity contribution is 0.297. The highest BCUT2D eigenvalue weighted by molar-refractivity contribution is 14.0. The molecule has 2 N–H and O–H groups in total. The van der Waals surface area contributed by atoms with Gasteiger partial charge in [-0.05, 0) is 37.1 Å². The van der Waals surface area contributed by atoms with Crippen LogP contribution < -0.4 is 20.1 Å². The van der Waals surface area contributed by atoms with Gasteiger partial charge in [0, 0.05) is 35.8 Å². The smallest absolute Gasteiger partial charge is 0.196 e. The molecule has 170 valence electrons. The maximum atomic E-state index is 13.9. The summed E-state index contributed by atoms with van der Waals surface area (Å²) in [5, 5.41) is 7.63. The van der Waals surface area contributed by atoms with E-state index in [2.05, 4.69) is 20.6 Å². The molecule has 0 aliphatic carbocycles. The summed E-state index contributed by atoms with van der Waals surface area (Å²) < 4.78 is 25.4. The molecule has 2 aromatic carbocycles. The Bertz CT molecular complexity index is 1060. The van der Waals surface area contributed by atoms with E-state index < -0.39 is 0 Å². The maximum absolute atomic E-state index is 13.9. The largest absolute Gasteiger partial charge is 0.490 e. The minimum absolute atomic E-state index is 0. The lowest BCUT2D eigenvalue weighted by atomic mass is 10.1. The first-order valence-electron chi connectivity index (χ1n) is 10.3. The van der Waals surface area contributed by atoms with Crippen LogP contribution in [0.4, 0.5) is 10.1 Å². The zero-order valence-electron chi connectivity index (χ0n) is 17.8. The molecule has 1 aliphatic heterocycles. The van der Waals surface area contributed by atoms with Crippen molar-refractivity contribution >= 4 is 47.0 Å². The summed E-state index contributed by atoms with van der Waals surface area (Å²) in [6.07, 6.45) is 3.25. The third-order valence-electron chi connectivity index (χ3n) is 4.72. The maximum Gasteiger partial charge on any atom is 0.196 e. The van der Waals surface area contributed by atoms with Crippen LogP contribution in [0.15, 0.2) is 53.7 Å². The Morgan fingerprint density at radius 2 is 1.97 bits per heavy atom. The minimum Gasteiger partial charge on any atom is -0.490 e. The van der Waals surface area contributed by atoms with E-state index >= 15 is 0 Å². The molecule has 0 atom stereocenters. The van der Waals surface area contributed by atoms with E-state index in [1.165, 1.54) is 6.07 Å². The van der Waals surface area contributed by atoms with E-state index in [0.29, 0.717) is 50.0 Å². The minimum atomic E-state index is -0.196. The predicted molar refractivity (Wildman–Crippen MR) is 137 cm³/mol. The van der Waals surface area contributed by atoms with Gasteiger partial charge in [0.15, 0.2) is 17.5 Å². The van der Waals surface area contributed by atoms with E-state index in [-0.39, 0.29) is 29.8 Å². The molecule has 0 saturated carbocycles. The van der Waals surface area contributed by atoms with Crippen LogP contribution >= 0.6 is 35.3 Å². The van der Waals surface area contributed by atoms with Crippen LogP contribution in [-0.4, -0.2) is 30.7 Å². The highest BCUT2D eigenvalue weighted by Gasteiger charge is 2.12. The monoisotopic (exact) mass is 568 g/mol. The number of aromatic nitrogens is 1. The summed E-state index contributed by atoms with van der Waals surface area (Å²) in [7, 11) is 0. The highest BCUT2D eigenvalue weighted by Crippen LogP contribution is 2.32. The first-order valence-corrected chi connectivity index (χ1v) is 11.1. The average molecular weight is 568 g/mol. The molecule has 0 saturated heterocycles. The van der Waals surface area contributed by atoms with Gasteiger partial charge in [-0.15, -0.1) is 35.3 Å². The van der Waals surface area contributed by atoms with Gasteiger partial charge in [-0.1, -0.05) is 18.2 Å². The summed E-state index contributed by atoms with van der Waals surface area (Å²) in [6, 6.07) is 12.5. The van der Waals surface area contributed by atoms with Gasteiger partial charge in [-0.2, -0.15) is 0 Å². The molecular formula is C23H26FIN4O2S. The van der Waals surface area contributed by atoms with Crippen molar-refractivity contribution in [2.24, 2.45) is 4.99 Å². The Hall–Kier alpha value is -2.40. The second-order valence-electron chi connectivity index (χ2n) is 7.12. The van der Waals surface area contributed by atoms with Crippen LogP contribution in [0.2, 0.25) is 0 Å². The summed E-state index contributed by atoms with van der Waals surface area (Å²) in [6.45, 7) is 4.30. The highest BCUT2D eigenvalue weighted by atomic mass is 127. The van der Waals surface area contributed by atoms with Crippen molar-refractivity contribution in [3.63, 3.8) is 0 Å². The Morgan fingerprint density at radius 3 is 2.75 bits per heavy atom. The number of benzene rings is 2. The van der Waals surface area contributed by atoms with E-state index in [4.69, 9.17) is 9.47 Å². The number of fused-ring (bicyclic) bond motifs is 1. The van der Waals surface area contributed by atoms with Crippen LogP contribution in [0.1, 0.15) is 21.9 Å². The third-order valence-corrected chi connectivity index (χ3v) is 5.61. The molecule has 0 spiro atoms. The molecule has 0 bridgehead atoms. The molecule has 0 fully saturated rings. The number of rotatable bonds is 6. The number of nitrogens with zero attached hydrogens (tertiary/aromatic N) is 2. The molecule has 0 radical (unpaired) electrons. The van der Waals surface area contributed by atoms with Gasteiger partial charge in [0.25, 0.3) is 0 Å². The number of halogens is 2. The van der Waals surface area contributed by atoms with Crippen molar-refractivity contribution < 1.29 is 13.9 Å². The van der Waals surface area contributed by atoms with Gasteiger partial charge in [-0.25, -0.2) is 14.4 Å². The molecular weight excluding hydrogens is 542 g/mol. The van der Waals surface area contributed by atoms with Crippen molar-refractivity contribution in [2.45, 2.75) is 26.3 Å². The Kier molecular flexibility index (Phi) is 9.10. The summed E-state index contributed by atoms with van der Waals surface area (Å²) >= 11 is 1.62. The second-order valence-corrected chi connectivity index (χ2v) is 8.43. The number of guanidine groups is 1. The van der Waals surface area contributed by atoms with Crippen LogP contribution in [0.5, 0.6) is 11.5 Å². The van der Waals surface area contributed by atoms with Crippen LogP contribution in [0, 0.1) is 12.7 Å². The molecule has 3 aromatic rings. The average Bonchev–Trinajstić information content (AvgIpc) is 3.04. The number of nitrogens with one attached hydrogen (secondary N) is 2. The van der Waals surface area contributed by atoms with E-state index in [9.17, 15) is 4.39 Å². The summed E-state index contributed by atoms with van der Waals surface area (Å²) in [5.41, 5.74) is 1.50. The van der Waals surface area contributed by atoms with Gasteiger partial charge in [0.1, 0.15) is 5.82 Å². The Morgan fingerprint density at radius 1 is 1.16 bits per heavy atom. The molecule has 32 heavy (non-hydrogen) atoms. The molecule has 2 heterocycles. The van der Waals surface area contributed by atoms with Crippen LogP contribution in [0.25, 0.3) is 0 Å².